The Morgan fingerprint density at radius 1 is 0.810 bits per heavy atom. The van der Waals surface area contributed by atoms with Crippen LogP contribution in [0.5, 0.6) is 0 Å². The third-order valence-electron chi connectivity index (χ3n) is 4.53. The van der Waals surface area contributed by atoms with Crippen LogP contribution in [-0.4, -0.2) is 0 Å². The second-order valence-electron chi connectivity index (χ2n) is 7.40. The van der Waals surface area contributed by atoms with E-state index < -0.39 is 23.2 Å². The third-order valence-corrected chi connectivity index (χ3v) is 8.86. The van der Waals surface area contributed by atoms with Crippen molar-refractivity contribution in [3.05, 3.63) is 41.0 Å². The molecule has 0 amide bonds. The molecule has 0 unspecified atom stereocenters. The molecule has 1 heteroatoms. The average molecular weight is 362 g/mol. The molecule has 2 aliphatic rings. The normalized spacial score (nSPS) is 19.0. The molecule has 0 aromatic heterocycles. The summed E-state index contributed by atoms with van der Waals surface area (Å²) in [5.74, 6) is 1.56. The first-order valence-electron chi connectivity index (χ1n) is 8.43. The molecule has 2 rings (SSSR count). The van der Waals surface area contributed by atoms with Gasteiger partial charge in [0.15, 0.2) is 0 Å². The van der Waals surface area contributed by atoms with Gasteiger partial charge in [0.1, 0.15) is 0 Å². The zero-order valence-electron chi connectivity index (χ0n) is 14.6. The molecule has 0 aliphatic heterocycles. The summed E-state index contributed by atoms with van der Waals surface area (Å²) in [5.41, 5.74) is 6.61. The van der Waals surface area contributed by atoms with Crippen LogP contribution in [-0.2, 0) is 23.2 Å². The third kappa shape index (κ3) is 4.41. The molecule has 0 spiro atoms. The molecular weight excluding hydrogens is 331 g/mol. The molecule has 0 bridgehead atoms. The van der Waals surface area contributed by atoms with E-state index in [9.17, 15) is 0 Å². The molecule has 0 nitrogen and oxygen atoms in total. The van der Waals surface area contributed by atoms with Crippen molar-refractivity contribution >= 4 is 0 Å². The molecule has 114 valence electrons. The zero-order valence-corrected chi connectivity index (χ0v) is 17.1. The fraction of sp³-hybridized carbons (Fsp3) is 0.600. The van der Waals surface area contributed by atoms with Crippen LogP contribution in [0.2, 0.25) is 0 Å². The van der Waals surface area contributed by atoms with E-state index in [-0.39, 0.29) is 0 Å². The van der Waals surface area contributed by atoms with Crippen LogP contribution in [0, 0.1) is 11.8 Å². The van der Waals surface area contributed by atoms with Gasteiger partial charge in [0.2, 0.25) is 0 Å². The van der Waals surface area contributed by atoms with Gasteiger partial charge < -0.3 is 0 Å². The van der Waals surface area contributed by atoms with E-state index in [0.29, 0.717) is 0 Å². The molecule has 0 aromatic carbocycles. The molecule has 0 saturated heterocycles. The van der Waals surface area contributed by atoms with Crippen molar-refractivity contribution in [1.29, 1.82) is 0 Å². The maximum atomic E-state index is 2.51. The predicted octanol–water partition coefficient (Wildman–Crippen LogP) is 6.37. The van der Waals surface area contributed by atoms with E-state index in [4.69, 9.17) is 0 Å². The maximum absolute atomic E-state index is 2.51. The first kappa shape index (κ1) is 17.2. The quantitative estimate of drug-likeness (QED) is 0.515. The molecule has 0 heterocycles. The minimum atomic E-state index is -0.523. The summed E-state index contributed by atoms with van der Waals surface area (Å²) in [6.07, 6.45) is 10.1. The molecular formula is C20H30Zr. The Kier molecular flexibility index (Phi) is 6.07. The second kappa shape index (κ2) is 7.41. The van der Waals surface area contributed by atoms with Gasteiger partial charge in [-0.25, -0.2) is 0 Å². The Morgan fingerprint density at radius 2 is 1.19 bits per heavy atom. The van der Waals surface area contributed by atoms with Gasteiger partial charge in [0.05, 0.1) is 0 Å². The Labute approximate surface area is 143 Å². The molecule has 21 heavy (non-hydrogen) atoms. The Morgan fingerprint density at radius 3 is 1.52 bits per heavy atom. The van der Waals surface area contributed by atoms with E-state index in [0.717, 1.165) is 11.8 Å². The van der Waals surface area contributed by atoms with Gasteiger partial charge in [-0.05, 0) is 0 Å². The van der Waals surface area contributed by atoms with Gasteiger partial charge in [0, 0.05) is 0 Å². The van der Waals surface area contributed by atoms with E-state index in [1.54, 1.807) is 22.3 Å². The fourth-order valence-electron chi connectivity index (χ4n) is 3.27. The van der Waals surface area contributed by atoms with E-state index in [1.165, 1.54) is 25.7 Å². The molecule has 0 saturated carbocycles. The van der Waals surface area contributed by atoms with Crippen LogP contribution in [0.4, 0.5) is 0 Å². The zero-order chi connectivity index (χ0) is 15.6. The molecule has 0 fully saturated rings. The predicted molar refractivity (Wildman–Crippen MR) is 89.7 cm³/mol. The summed E-state index contributed by atoms with van der Waals surface area (Å²) in [4.78, 5) is 0. The van der Waals surface area contributed by atoms with Crippen molar-refractivity contribution in [1.82, 2.24) is 0 Å². The van der Waals surface area contributed by atoms with Crippen molar-refractivity contribution < 1.29 is 23.2 Å². The average Bonchev–Trinajstić information content (AvgIpc) is 2.88. The van der Waals surface area contributed by atoms with Crippen LogP contribution in [0.15, 0.2) is 41.0 Å². The topological polar surface area (TPSA) is 0 Å². The summed E-state index contributed by atoms with van der Waals surface area (Å²) in [6, 6.07) is 0. The molecule has 2 aliphatic carbocycles. The van der Waals surface area contributed by atoms with Gasteiger partial charge in [-0.2, -0.15) is 0 Å². The summed E-state index contributed by atoms with van der Waals surface area (Å²) in [6.45, 7) is 14.1. The molecule has 0 N–H and O–H groups in total. The molecule has 0 atom stereocenters. The van der Waals surface area contributed by atoms with Crippen molar-refractivity contribution in [2.45, 2.75) is 67.2 Å². The van der Waals surface area contributed by atoms with Crippen molar-refractivity contribution in [2.24, 2.45) is 11.8 Å². The summed E-state index contributed by atoms with van der Waals surface area (Å²) in [5, 5.41) is 0. The Bertz CT molecular complexity index is 476. The van der Waals surface area contributed by atoms with Crippen LogP contribution in [0.25, 0.3) is 0 Å². The van der Waals surface area contributed by atoms with Gasteiger partial charge in [-0.1, -0.05) is 0 Å². The van der Waals surface area contributed by atoms with Gasteiger partial charge in [0.25, 0.3) is 0 Å². The molecule has 0 aromatic rings. The Hall–Kier alpha value is -0.157. The summed E-state index contributed by atoms with van der Waals surface area (Å²) < 4.78 is 3.67. The minimum absolute atomic E-state index is 0.523. The van der Waals surface area contributed by atoms with E-state index in [2.05, 4.69) is 53.7 Å². The second-order valence-corrected chi connectivity index (χ2v) is 11.0. The van der Waals surface area contributed by atoms with E-state index in [1.807, 2.05) is 6.56 Å². The van der Waals surface area contributed by atoms with Gasteiger partial charge in [-0.15, -0.1) is 0 Å². The van der Waals surface area contributed by atoms with Crippen molar-refractivity contribution in [3.63, 3.8) is 0 Å². The van der Waals surface area contributed by atoms with Gasteiger partial charge in [-0.3, -0.25) is 0 Å². The van der Waals surface area contributed by atoms with Crippen molar-refractivity contribution in [3.8, 4) is 0 Å². The van der Waals surface area contributed by atoms with Crippen molar-refractivity contribution in [2.75, 3.05) is 0 Å². The standard InChI is InChI=1S/2C10H15.Zr/c2*1-8(2)7-10-6-4-5-9(10)3;/h2*6,8H,4,7H2,1-3H3;. The fourth-order valence-corrected chi connectivity index (χ4v) is 6.88. The van der Waals surface area contributed by atoms with Crippen LogP contribution < -0.4 is 0 Å². The SMILES string of the molecule is CC1=[C]([Zr][C]2=C(C)C(CC(C)C)=CC2)CC=C1CC(C)C. The Balaban J connectivity index is 2.04. The van der Waals surface area contributed by atoms with Crippen LogP contribution in [0.3, 0.4) is 0 Å². The monoisotopic (exact) mass is 360 g/mol. The number of allylic oxidation sites excluding steroid dienone is 8. The number of hydrogen-bond acceptors (Lipinski definition) is 0. The van der Waals surface area contributed by atoms with E-state index >= 15 is 0 Å². The van der Waals surface area contributed by atoms with Crippen LogP contribution >= 0.6 is 0 Å². The van der Waals surface area contributed by atoms with Gasteiger partial charge >= 0.3 is 143 Å². The number of rotatable bonds is 6. The molecule has 0 radical (unpaired) electrons. The number of hydrogen-bond donors (Lipinski definition) is 0. The van der Waals surface area contributed by atoms with Crippen LogP contribution in [0.1, 0.15) is 67.2 Å². The summed E-state index contributed by atoms with van der Waals surface area (Å²) >= 11 is -0.523. The summed E-state index contributed by atoms with van der Waals surface area (Å²) in [7, 11) is 0. The first-order chi connectivity index (χ1) is 9.88. The first-order valence-corrected chi connectivity index (χ1v) is 10.9.